The Balaban J connectivity index is 1.50. The molecule has 2 saturated heterocycles. The van der Waals surface area contributed by atoms with Gasteiger partial charge in [0.15, 0.2) is 0 Å². The molecular formula is C22H34N6O2. The fourth-order valence-electron chi connectivity index (χ4n) is 4.86. The number of aromatic nitrogens is 2. The zero-order valence-corrected chi connectivity index (χ0v) is 18.5. The van der Waals surface area contributed by atoms with E-state index in [2.05, 4.69) is 60.0 Å². The van der Waals surface area contributed by atoms with Gasteiger partial charge in [0, 0.05) is 57.4 Å². The number of anilines is 1. The predicted molar refractivity (Wildman–Crippen MR) is 117 cm³/mol. The predicted octanol–water partition coefficient (Wildman–Crippen LogP) is 1.49. The SMILES string of the molecule is CC(C)CN1[C@H](C)CN(Cc2ccn3ncc(N4CCC(=O)NC4O)c3c2)C[C@@H]1C. The Labute approximate surface area is 178 Å². The van der Waals surface area contributed by atoms with Crippen LogP contribution in [-0.4, -0.2) is 75.0 Å². The van der Waals surface area contributed by atoms with Gasteiger partial charge >= 0.3 is 0 Å². The quantitative estimate of drug-likeness (QED) is 0.772. The van der Waals surface area contributed by atoms with Gasteiger partial charge in [-0.25, -0.2) is 4.52 Å². The molecule has 2 N–H and O–H groups in total. The molecule has 2 aliphatic rings. The molecular weight excluding hydrogens is 380 g/mol. The van der Waals surface area contributed by atoms with E-state index in [4.69, 9.17) is 0 Å². The van der Waals surface area contributed by atoms with Gasteiger partial charge in [0.1, 0.15) is 0 Å². The molecule has 2 aromatic rings. The minimum atomic E-state index is -1.02. The lowest BCUT2D eigenvalue weighted by molar-refractivity contribution is -0.125. The van der Waals surface area contributed by atoms with Gasteiger partial charge in [-0.1, -0.05) is 13.8 Å². The Morgan fingerprint density at radius 2 is 2.00 bits per heavy atom. The van der Waals surface area contributed by atoms with Crippen LogP contribution in [-0.2, 0) is 11.3 Å². The first-order chi connectivity index (χ1) is 14.3. The maximum absolute atomic E-state index is 11.5. The van der Waals surface area contributed by atoms with E-state index >= 15 is 0 Å². The first-order valence-electron chi connectivity index (χ1n) is 11.0. The summed E-state index contributed by atoms with van der Waals surface area (Å²) in [5.41, 5.74) is 3.02. The van der Waals surface area contributed by atoms with E-state index in [0.29, 0.717) is 31.0 Å². The fraction of sp³-hybridized carbons (Fsp3) is 0.636. The molecule has 0 aliphatic carbocycles. The van der Waals surface area contributed by atoms with Gasteiger partial charge in [-0.05, 0) is 37.5 Å². The number of hydrogen-bond acceptors (Lipinski definition) is 6. The maximum atomic E-state index is 11.5. The molecule has 8 nitrogen and oxygen atoms in total. The molecule has 4 rings (SSSR count). The molecule has 164 valence electrons. The third kappa shape index (κ3) is 4.31. The Bertz CT molecular complexity index is 885. The van der Waals surface area contributed by atoms with E-state index in [1.54, 1.807) is 11.1 Å². The van der Waals surface area contributed by atoms with Crippen molar-refractivity contribution in [2.75, 3.05) is 31.1 Å². The molecule has 0 saturated carbocycles. The summed E-state index contributed by atoms with van der Waals surface area (Å²) in [6.45, 7) is 13.9. The number of pyridine rings is 1. The maximum Gasteiger partial charge on any atom is 0.225 e. The van der Waals surface area contributed by atoms with Crippen molar-refractivity contribution in [2.24, 2.45) is 5.92 Å². The molecule has 3 atom stereocenters. The van der Waals surface area contributed by atoms with Gasteiger partial charge in [-0.15, -0.1) is 0 Å². The molecule has 8 heteroatoms. The number of piperazine rings is 1. The molecule has 1 unspecified atom stereocenters. The highest BCUT2D eigenvalue weighted by Gasteiger charge is 2.30. The lowest BCUT2D eigenvalue weighted by atomic mass is 10.0. The monoisotopic (exact) mass is 414 g/mol. The molecule has 0 bridgehead atoms. The topological polar surface area (TPSA) is 76.4 Å². The largest absolute Gasteiger partial charge is 0.356 e. The van der Waals surface area contributed by atoms with Gasteiger partial charge in [0.05, 0.1) is 17.4 Å². The van der Waals surface area contributed by atoms with Crippen molar-refractivity contribution < 1.29 is 9.90 Å². The summed E-state index contributed by atoms with van der Waals surface area (Å²) in [6, 6.07) is 5.35. The number of carbonyl (C=O) groups excluding carboxylic acids is 1. The second-order valence-corrected chi connectivity index (χ2v) is 9.26. The number of aliphatic hydroxyl groups excluding tert-OH is 1. The standard InChI is InChI=1S/C22H34N6O2/c1-15(2)11-27-16(3)12-25(13-17(27)4)14-18-5-8-28-19(9-18)20(10-23-28)26-7-6-21(29)24-22(26)30/h5,8-10,15-17,22,30H,6-7,11-14H2,1-4H3,(H,24,29)/t16-,17+,22?. The van der Waals surface area contributed by atoms with E-state index in [0.717, 1.165) is 37.4 Å². The van der Waals surface area contributed by atoms with Crippen molar-refractivity contribution in [3.63, 3.8) is 0 Å². The summed E-state index contributed by atoms with van der Waals surface area (Å²) >= 11 is 0. The first-order valence-corrected chi connectivity index (χ1v) is 11.0. The minimum absolute atomic E-state index is 0.129. The van der Waals surface area contributed by atoms with Gasteiger partial charge < -0.3 is 15.3 Å². The minimum Gasteiger partial charge on any atom is -0.356 e. The van der Waals surface area contributed by atoms with E-state index in [9.17, 15) is 9.90 Å². The van der Waals surface area contributed by atoms with Crippen LogP contribution in [0.3, 0.4) is 0 Å². The van der Waals surface area contributed by atoms with Crippen molar-refractivity contribution in [3.05, 3.63) is 30.1 Å². The Morgan fingerprint density at radius 1 is 1.27 bits per heavy atom. The van der Waals surface area contributed by atoms with Crippen molar-refractivity contribution in [1.29, 1.82) is 0 Å². The molecule has 4 heterocycles. The summed E-state index contributed by atoms with van der Waals surface area (Å²) in [5, 5.41) is 17.3. The van der Waals surface area contributed by atoms with Crippen molar-refractivity contribution in [1.82, 2.24) is 24.7 Å². The average Bonchev–Trinajstić information content (AvgIpc) is 3.08. The normalized spacial score (nSPS) is 26.5. The van der Waals surface area contributed by atoms with Crippen molar-refractivity contribution in [3.8, 4) is 0 Å². The molecule has 2 aromatic heterocycles. The van der Waals surface area contributed by atoms with Gasteiger partial charge in [-0.2, -0.15) is 5.10 Å². The number of aliphatic hydroxyl groups is 1. The number of rotatable bonds is 5. The summed E-state index contributed by atoms with van der Waals surface area (Å²) in [6.07, 6.45) is 3.09. The van der Waals surface area contributed by atoms with Crippen LogP contribution < -0.4 is 10.2 Å². The number of carbonyl (C=O) groups is 1. The van der Waals surface area contributed by atoms with Crippen LogP contribution in [0.15, 0.2) is 24.5 Å². The van der Waals surface area contributed by atoms with Gasteiger partial charge in [0.2, 0.25) is 12.3 Å². The zero-order valence-electron chi connectivity index (χ0n) is 18.5. The molecule has 30 heavy (non-hydrogen) atoms. The van der Waals surface area contributed by atoms with Crippen molar-refractivity contribution in [2.45, 2.75) is 59.1 Å². The Morgan fingerprint density at radius 3 is 2.67 bits per heavy atom. The molecule has 0 spiro atoms. The highest BCUT2D eigenvalue weighted by Crippen LogP contribution is 2.26. The van der Waals surface area contributed by atoms with Crippen LogP contribution in [0.25, 0.3) is 5.52 Å². The van der Waals surface area contributed by atoms with Crippen LogP contribution in [0.5, 0.6) is 0 Å². The van der Waals surface area contributed by atoms with Crippen LogP contribution in [0, 0.1) is 5.92 Å². The lowest BCUT2D eigenvalue weighted by Crippen LogP contribution is -2.57. The van der Waals surface area contributed by atoms with Crippen LogP contribution in [0.1, 0.15) is 39.7 Å². The van der Waals surface area contributed by atoms with Crippen LogP contribution in [0.2, 0.25) is 0 Å². The van der Waals surface area contributed by atoms with Crippen LogP contribution in [0.4, 0.5) is 5.69 Å². The van der Waals surface area contributed by atoms with Gasteiger partial charge in [-0.3, -0.25) is 14.6 Å². The van der Waals surface area contributed by atoms with E-state index in [1.807, 2.05) is 10.7 Å². The number of nitrogens with zero attached hydrogens (tertiary/aromatic N) is 5. The molecule has 1 amide bonds. The summed E-state index contributed by atoms with van der Waals surface area (Å²) in [7, 11) is 0. The molecule has 0 aromatic carbocycles. The zero-order chi connectivity index (χ0) is 21.4. The first kappa shape index (κ1) is 21.1. The average molecular weight is 415 g/mol. The molecule has 0 radical (unpaired) electrons. The number of nitrogens with one attached hydrogen (secondary N) is 1. The number of amides is 1. The number of fused-ring (bicyclic) bond motifs is 1. The second kappa shape index (κ2) is 8.53. The summed E-state index contributed by atoms with van der Waals surface area (Å²) in [5.74, 6) is 0.551. The molecule has 2 aliphatic heterocycles. The highest BCUT2D eigenvalue weighted by molar-refractivity contribution is 5.81. The highest BCUT2D eigenvalue weighted by atomic mass is 16.3. The second-order valence-electron chi connectivity index (χ2n) is 9.26. The fourth-order valence-corrected chi connectivity index (χ4v) is 4.86. The number of hydrogen-bond donors (Lipinski definition) is 2. The van der Waals surface area contributed by atoms with E-state index in [1.165, 1.54) is 5.56 Å². The van der Waals surface area contributed by atoms with Crippen molar-refractivity contribution >= 4 is 17.1 Å². The van der Waals surface area contributed by atoms with E-state index in [-0.39, 0.29) is 5.91 Å². The van der Waals surface area contributed by atoms with E-state index < -0.39 is 6.35 Å². The summed E-state index contributed by atoms with van der Waals surface area (Å²) < 4.78 is 1.83. The Hall–Kier alpha value is -2.16. The summed E-state index contributed by atoms with van der Waals surface area (Å²) in [4.78, 5) is 18.5. The van der Waals surface area contributed by atoms with Gasteiger partial charge in [0.25, 0.3) is 0 Å². The third-order valence-corrected chi connectivity index (χ3v) is 6.20. The smallest absolute Gasteiger partial charge is 0.225 e. The lowest BCUT2D eigenvalue weighted by Gasteiger charge is -2.45. The van der Waals surface area contributed by atoms with Crippen LogP contribution >= 0.6 is 0 Å². The Kier molecular flexibility index (Phi) is 5.99. The molecule has 2 fully saturated rings. The third-order valence-electron chi connectivity index (χ3n) is 6.20.